The lowest BCUT2D eigenvalue weighted by molar-refractivity contribution is -0.137. The molecule has 1 rings (SSSR count). The Hall–Kier alpha value is -0.840. The van der Waals surface area contributed by atoms with Crippen molar-refractivity contribution in [3.63, 3.8) is 0 Å². The molecule has 0 amide bonds. The van der Waals surface area contributed by atoms with Crippen LogP contribution in [0.5, 0.6) is 0 Å². The minimum absolute atomic E-state index is 0. The maximum atomic E-state index is 10.9. The van der Waals surface area contributed by atoms with Gasteiger partial charge in [-0.15, -0.1) is 12.4 Å². The molecule has 0 unspecified atom stereocenters. The smallest absolute Gasteiger partial charge is 0.330 e. The third kappa shape index (κ3) is 7.96. The van der Waals surface area contributed by atoms with Crippen LogP contribution in [0, 0.1) is 0 Å². The van der Waals surface area contributed by atoms with Gasteiger partial charge in [0.25, 0.3) is 0 Å². The Balaban J connectivity index is 0.00000256. The van der Waals surface area contributed by atoms with E-state index in [1.807, 2.05) is 12.2 Å². The van der Waals surface area contributed by atoms with Gasteiger partial charge in [0.1, 0.15) is 0 Å². The molecular formula is C12H20ClNO3. The topological polar surface area (TPSA) is 38.8 Å². The van der Waals surface area contributed by atoms with Crippen molar-refractivity contribution in [2.45, 2.75) is 6.92 Å². The molecule has 98 valence electrons. The molecule has 1 saturated heterocycles. The summed E-state index contributed by atoms with van der Waals surface area (Å²) in [4.78, 5) is 13.2. The van der Waals surface area contributed by atoms with Gasteiger partial charge < -0.3 is 9.47 Å². The van der Waals surface area contributed by atoms with E-state index in [1.54, 1.807) is 13.0 Å². The Labute approximate surface area is 109 Å². The highest BCUT2D eigenvalue weighted by Crippen LogP contribution is 1.96. The van der Waals surface area contributed by atoms with Crippen LogP contribution in [0.25, 0.3) is 0 Å². The van der Waals surface area contributed by atoms with Crippen LogP contribution < -0.4 is 0 Å². The Morgan fingerprint density at radius 2 is 2.06 bits per heavy atom. The SMILES string of the molecule is CCOC(=O)C=CC=CCN1CCOCC1.Cl. The molecule has 0 spiro atoms. The number of esters is 1. The Bertz CT molecular complexity index is 260. The van der Waals surface area contributed by atoms with Gasteiger partial charge in [-0.1, -0.05) is 18.2 Å². The second-order valence-electron chi connectivity index (χ2n) is 3.45. The molecule has 1 aliphatic rings. The van der Waals surface area contributed by atoms with E-state index in [-0.39, 0.29) is 18.4 Å². The fourth-order valence-electron chi connectivity index (χ4n) is 1.40. The first-order valence-corrected chi connectivity index (χ1v) is 5.63. The molecule has 5 heteroatoms. The summed E-state index contributed by atoms with van der Waals surface area (Å²) in [6.07, 6.45) is 7.03. The Kier molecular flexibility index (Phi) is 9.81. The monoisotopic (exact) mass is 261 g/mol. The van der Waals surface area contributed by atoms with Gasteiger partial charge in [-0.25, -0.2) is 4.79 Å². The summed E-state index contributed by atoms with van der Waals surface area (Å²) in [5.74, 6) is -0.293. The zero-order valence-electron chi connectivity index (χ0n) is 10.1. The first-order chi connectivity index (χ1) is 7.83. The Morgan fingerprint density at radius 3 is 2.71 bits per heavy atom. The van der Waals surface area contributed by atoms with Gasteiger partial charge in [0, 0.05) is 25.7 Å². The third-order valence-corrected chi connectivity index (χ3v) is 2.23. The second kappa shape index (κ2) is 10.3. The van der Waals surface area contributed by atoms with Crippen molar-refractivity contribution in [1.29, 1.82) is 0 Å². The zero-order chi connectivity index (χ0) is 11.6. The van der Waals surface area contributed by atoms with Gasteiger partial charge in [-0.3, -0.25) is 4.90 Å². The van der Waals surface area contributed by atoms with Gasteiger partial charge in [-0.05, 0) is 6.92 Å². The van der Waals surface area contributed by atoms with Crippen LogP contribution in [0.1, 0.15) is 6.92 Å². The molecule has 0 N–H and O–H groups in total. The Morgan fingerprint density at radius 1 is 1.35 bits per heavy atom. The van der Waals surface area contributed by atoms with E-state index in [2.05, 4.69) is 4.90 Å². The van der Waals surface area contributed by atoms with Crippen molar-refractivity contribution in [2.75, 3.05) is 39.5 Å². The number of carbonyl (C=O) groups excluding carboxylic acids is 1. The number of allylic oxidation sites excluding steroid dienone is 2. The maximum absolute atomic E-state index is 10.9. The van der Waals surface area contributed by atoms with E-state index in [1.165, 1.54) is 6.08 Å². The van der Waals surface area contributed by atoms with E-state index in [9.17, 15) is 4.79 Å². The molecular weight excluding hydrogens is 242 g/mol. The lowest BCUT2D eigenvalue weighted by Crippen LogP contribution is -2.36. The maximum Gasteiger partial charge on any atom is 0.330 e. The lowest BCUT2D eigenvalue weighted by atomic mass is 10.3. The predicted molar refractivity (Wildman–Crippen MR) is 69.4 cm³/mol. The second-order valence-corrected chi connectivity index (χ2v) is 3.45. The number of nitrogens with zero attached hydrogens (tertiary/aromatic N) is 1. The highest BCUT2D eigenvalue weighted by Gasteiger charge is 2.07. The number of rotatable bonds is 5. The number of hydrogen-bond acceptors (Lipinski definition) is 4. The normalized spacial score (nSPS) is 17.2. The summed E-state index contributed by atoms with van der Waals surface area (Å²) in [6, 6.07) is 0. The number of hydrogen-bond donors (Lipinski definition) is 0. The first kappa shape index (κ1) is 16.2. The van der Waals surface area contributed by atoms with Crippen molar-refractivity contribution in [3.8, 4) is 0 Å². The summed E-state index contributed by atoms with van der Waals surface area (Å²) < 4.78 is 10.00. The molecule has 0 aromatic carbocycles. The standard InChI is InChI=1S/C12H19NO3.ClH/c1-2-16-12(14)6-4-3-5-7-13-8-10-15-11-9-13;/h3-6H,2,7-11H2,1H3;1H. The zero-order valence-corrected chi connectivity index (χ0v) is 10.9. The summed E-state index contributed by atoms with van der Waals surface area (Å²) >= 11 is 0. The number of ether oxygens (including phenoxy) is 2. The van der Waals surface area contributed by atoms with Gasteiger partial charge in [-0.2, -0.15) is 0 Å². The van der Waals surface area contributed by atoms with Crippen molar-refractivity contribution >= 4 is 18.4 Å². The predicted octanol–water partition coefficient (Wildman–Crippen LogP) is 1.42. The van der Waals surface area contributed by atoms with Gasteiger partial charge in [0.2, 0.25) is 0 Å². The third-order valence-electron chi connectivity index (χ3n) is 2.23. The number of halogens is 1. The minimum atomic E-state index is -0.293. The molecule has 0 bridgehead atoms. The molecule has 0 radical (unpaired) electrons. The van der Waals surface area contributed by atoms with E-state index in [0.29, 0.717) is 6.61 Å². The summed E-state index contributed by atoms with van der Waals surface area (Å²) in [6.45, 7) is 6.69. The summed E-state index contributed by atoms with van der Waals surface area (Å²) in [5, 5.41) is 0. The molecule has 0 saturated carbocycles. The average Bonchev–Trinajstić information content (AvgIpc) is 2.30. The minimum Gasteiger partial charge on any atom is -0.463 e. The van der Waals surface area contributed by atoms with Crippen molar-refractivity contribution in [3.05, 3.63) is 24.3 Å². The van der Waals surface area contributed by atoms with E-state index < -0.39 is 0 Å². The van der Waals surface area contributed by atoms with Crippen LogP contribution in [0.3, 0.4) is 0 Å². The van der Waals surface area contributed by atoms with Crippen LogP contribution in [0.4, 0.5) is 0 Å². The van der Waals surface area contributed by atoms with Gasteiger partial charge >= 0.3 is 5.97 Å². The van der Waals surface area contributed by atoms with Crippen molar-refractivity contribution in [2.24, 2.45) is 0 Å². The molecule has 4 nitrogen and oxygen atoms in total. The van der Waals surface area contributed by atoms with Crippen molar-refractivity contribution in [1.82, 2.24) is 4.90 Å². The van der Waals surface area contributed by atoms with E-state index >= 15 is 0 Å². The van der Waals surface area contributed by atoms with Crippen LogP contribution in [0.2, 0.25) is 0 Å². The van der Waals surface area contributed by atoms with Crippen molar-refractivity contribution < 1.29 is 14.3 Å². The summed E-state index contributed by atoms with van der Waals surface area (Å²) in [5.41, 5.74) is 0. The van der Waals surface area contributed by atoms with E-state index in [0.717, 1.165) is 32.8 Å². The molecule has 17 heavy (non-hydrogen) atoms. The fraction of sp³-hybridized carbons (Fsp3) is 0.583. The molecule has 1 aliphatic heterocycles. The number of morpholine rings is 1. The van der Waals surface area contributed by atoms with Crippen LogP contribution in [0.15, 0.2) is 24.3 Å². The molecule has 0 aromatic rings. The van der Waals surface area contributed by atoms with Crippen LogP contribution in [-0.4, -0.2) is 50.3 Å². The molecule has 1 heterocycles. The fourth-order valence-corrected chi connectivity index (χ4v) is 1.40. The largest absolute Gasteiger partial charge is 0.463 e. The van der Waals surface area contributed by atoms with Crippen LogP contribution >= 0.6 is 12.4 Å². The quantitative estimate of drug-likeness (QED) is 0.426. The van der Waals surface area contributed by atoms with Gasteiger partial charge in [0.15, 0.2) is 0 Å². The molecule has 0 aliphatic carbocycles. The molecule has 1 fully saturated rings. The average molecular weight is 262 g/mol. The molecule has 0 aromatic heterocycles. The first-order valence-electron chi connectivity index (χ1n) is 5.63. The lowest BCUT2D eigenvalue weighted by Gasteiger charge is -2.24. The highest BCUT2D eigenvalue weighted by molar-refractivity contribution is 5.85. The van der Waals surface area contributed by atoms with Crippen LogP contribution in [-0.2, 0) is 14.3 Å². The highest BCUT2D eigenvalue weighted by atomic mass is 35.5. The molecule has 0 atom stereocenters. The van der Waals surface area contributed by atoms with Gasteiger partial charge in [0.05, 0.1) is 19.8 Å². The number of carbonyl (C=O) groups is 1. The van der Waals surface area contributed by atoms with E-state index in [4.69, 9.17) is 9.47 Å². The summed E-state index contributed by atoms with van der Waals surface area (Å²) in [7, 11) is 0.